The normalized spacial score (nSPS) is 20.7. The molecule has 1 aliphatic rings. The molecule has 0 saturated carbocycles. The third-order valence-corrected chi connectivity index (χ3v) is 29.0. The number of Topliss-reactive ketones (excluding diaryl/α,β-unsaturated/α-hetero) is 1. The lowest BCUT2D eigenvalue weighted by molar-refractivity contribution is -0.249. The standard InChI is InChI=1S/C50H93NO9SSi3/c1-35(29-30-49(54,59-63(19,20)46(9,10)11)37(3)32-40-34-61-39(5)51-40)26-25-27-36(2)43(57-42-28-23-24-31-56-42)38(4)44(53)48(15,16)50(55,60-64(21,22)47(12,13)14)33-41(52)58-62(17,18)45(6,7)8/h27,29,32,34,38,41-43,52,54-55H,23-26,28,30-31,33H2,1-22H3/b35-29+,36-27+,37-32+/t38-,41?,42?,43+,49+,50+/m1/s1. The lowest BCUT2D eigenvalue weighted by Gasteiger charge is -2.51. The molecule has 3 N–H and O–H groups in total. The maximum absolute atomic E-state index is 15.1. The van der Waals surface area contributed by atoms with Crippen LogP contribution in [0.3, 0.4) is 0 Å². The molecule has 1 aromatic heterocycles. The highest BCUT2D eigenvalue weighted by Crippen LogP contribution is 2.48. The Balaban J connectivity index is 2.51. The predicted octanol–water partition coefficient (Wildman–Crippen LogP) is 13.2. The second-order valence-corrected chi connectivity index (χ2v) is 39.1. The molecule has 0 bridgehead atoms. The second-order valence-electron chi connectivity index (χ2n) is 23.8. The maximum atomic E-state index is 15.1. The van der Waals surface area contributed by atoms with E-state index in [-0.39, 0.29) is 27.3 Å². The van der Waals surface area contributed by atoms with Crippen LogP contribution in [0, 0.1) is 18.3 Å². The number of ether oxygens (including phenoxy) is 2. The number of carbonyl (C=O) groups is 1. The molecule has 0 aliphatic carbocycles. The molecule has 2 unspecified atom stereocenters. The number of aryl methyl sites for hydroxylation is 1. The highest BCUT2D eigenvalue weighted by molar-refractivity contribution is 7.09. The van der Waals surface area contributed by atoms with Gasteiger partial charge in [-0.25, -0.2) is 4.98 Å². The van der Waals surface area contributed by atoms with Gasteiger partial charge in [0.05, 0.1) is 28.6 Å². The molecule has 1 saturated heterocycles. The van der Waals surface area contributed by atoms with E-state index in [1.54, 1.807) is 25.2 Å². The molecule has 10 nitrogen and oxygen atoms in total. The van der Waals surface area contributed by atoms with Gasteiger partial charge in [-0.1, -0.05) is 87.0 Å². The van der Waals surface area contributed by atoms with Crippen molar-refractivity contribution in [3.05, 3.63) is 45.0 Å². The van der Waals surface area contributed by atoms with Crippen molar-refractivity contribution >= 4 is 48.1 Å². The number of hydrogen-bond acceptors (Lipinski definition) is 11. The number of aliphatic hydroxyl groups is 3. The molecule has 370 valence electrons. The van der Waals surface area contributed by atoms with Crippen LogP contribution in [0.15, 0.2) is 34.3 Å². The van der Waals surface area contributed by atoms with Gasteiger partial charge in [0.2, 0.25) is 0 Å². The number of allylic oxidation sites excluding steroid dienone is 2. The van der Waals surface area contributed by atoms with Crippen molar-refractivity contribution in [2.24, 2.45) is 11.3 Å². The van der Waals surface area contributed by atoms with E-state index in [1.807, 2.05) is 52.2 Å². The molecule has 64 heavy (non-hydrogen) atoms. The van der Waals surface area contributed by atoms with Crippen molar-refractivity contribution in [2.45, 2.75) is 240 Å². The number of aromatic nitrogens is 1. The number of aliphatic hydroxyl groups excluding tert-OH is 1. The summed E-state index contributed by atoms with van der Waals surface area (Å²) in [5.41, 5.74) is 2.04. The van der Waals surface area contributed by atoms with E-state index < -0.39 is 66.5 Å². The Bertz CT molecular complexity index is 1780. The minimum absolute atomic E-state index is 0.106. The van der Waals surface area contributed by atoms with Gasteiger partial charge in [-0.2, -0.15) is 0 Å². The Morgan fingerprint density at radius 3 is 1.91 bits per heavy atom. The number of hydrogen-bond donors (Lipinski definition) is 3. The fraction of sp³-hybridized carbons (Fsp3) is 0.800. The Morgan fingerprint density at radius 2 is 1.42 bits per heavy atom. The number of ketones is 1. The van der Waals surface area contributed by atoms with Crippen LogP contribution < -0.4 is 0 Å². The van der Waals surface area contributed by atoms with Crippen molar-refractivity contribution in [3.63, 3.8) is 0 Å². The van der Waals surface area contributed by atoms with Crippen LogP contribution in [0.2, 0.25) is 54.4 Å². The zero-order valence-corrected chi connectivity index (χ0v) is 48.2. The molecule has 2 rings (SSSR count). The molecule has 1 fully saturated rings. The molecule has 14 heteroatoms. The quantitative estimate of drug-likeness (QED) is 0.0585. The Kier molecular flexibility index (Phi) is 20.3. The van der Waals surface area contributed by atoms with E-state index in [1.165, 1.54) is 0 Å². The number of thiazole rings is 1. The first-order valence-electron chi connectivity index (χ1n) is 23.7. The SMILES string of the molecule is C/C(=C\C[C@](O)(O[Si](C)(C)C(C)(C)C)/C(C)=C/c1csc(C)n1)CC/C=C(\C)[C@H](OC1CCCCO1)[C@@H](C)C(=O)C(C)(C)[C@](O)(CC(O)O[Si](C)(C)C(C)(C)C)O[Si](C)(C)C(C)(C)C. The molecule has 0 spiro atoms. The third-order valence-electron chi connectivity index (χ3n) is 14.8. The van der Waals surface area contributed by atoms with Crippen LogP contribution in [-0.4, -0.2) is 87.9 Å². The van der Waals surface area contributed by atoms with Crippen molar-refractivity contribution in [1.82, 2.24) is 4.98 Å². The molecule has 2 heterocycles. The van der Waals surface area contributed by atoms with Crippen LogP contribution in [0.25, 0.3) is 6.08 Å². The molecule has 0 radical (unpaired) electrons. The van der Waals surface area contributed by atoms with E-state index in [9.17, 15) is 15.3 Å². The van der Waals surface area contributed by atoms with Gasteiger partial charge in [0.1, 0.15) is 12.1 Å². The van der Waals surface area contributed by atoms with Crippen LogP contribution in [0.1, 0.15) is 160 Å². The highest BCUT2D eigenvalue weighted by atomic mass is 32.1. The van der Waals surface area contributed by atoms with E-state index >= 15 is 4.79 Å². The summed E-state index contributed by atoms with van der Waals surface area (Å²) < 4.78 is 32.8. The fourth-order valence-corrected chi connectivity index (χ4v) is 11.6. The predicted molar refractivity (Wildman–Crippen MR) is 274 cm³/mol. The van der Waals surface area contributed by atoms with Gasteiger partial charge in [-0.15, -0.1) is 11.3 Å². The lowest BCUT2D eigenvalue weighted by atomic mass is 9.71. The summed E-state index contributed by atoms with van der Waals surface area (Å²) in [6, 6.07) is 0. The molecule has 1 aliphatic heterocycles. The van der Waals surface area contributed by atoms with Gasteiger partial charge >= 0.3 is 0 Å². The van der Waals surface area contributed by atoms with Gasteiger partial charge in [0, 0.05) is 24.3 Å². The smallest absolute Gasteiger partial charge is 0.196 e. The second kappa shape index (κ2) is 22.1. The first kappa shape index (κ1) is 59.0. The van der Waals surface area contributed by atoms with Crippen LogP contribution in [0.4, 0.5) is 0 Å². The van der Waals surface area contributed by atoms with Gasteiger partial charge in [0.15, 0.2) is 42.8 Å². The molecular formula is C50H93NO9SSi3. The summed E-state index contributed by atoms with van der Waals surface area (Å²) in [7, 11) is -7.57. The average Bonchev–Trinajstić information content (AvgIpc) is 3.54. The van der Waals surface area contributed by atoms with Gasteiger partial charge in [0.25, 0.3) is 0 Å². The Labute approximate surface area is 397 Å². The first-order valence-corrected chi connectivity index (χ1v) is 33.3. The molecule has 6 atom stereocenters. The summed E-state index contributed by atoms with van der Waals surface area (Å²) in [5.74, 6) is -4.51. The van der Waals surface area contributed by atoms with E-state index in [0.29, 0.717) is 31.4 Å². The highest BCUT2D eigenvalue weighted by Gasteiger charge is 2.57. The van der Waals surface area contributed by atoms with Crippen LogP contribution in [0.5, 0.6) is 0 Å². The fourth-order valence-electron chi connectivity index (χ4n) is 6.99. The molecule has 0 aromatic carbocycles. The Morgan fingerprint density at radius 1 is 0.875 bits per heavy atom. The van der Waals surface area contributed by atoms with Gasteiger partial charge in [-0.05, 0) is 145 Å². The lowest BCUT2D eigenvalue weighted by Crippen LogP contribution is -2.62. The van der Waals surface area contributed by atoms with Crippen molar-refractivity contribution in [3.8, 4) is 0 Å². The van der Waals surface area contributed by atoms with Gasteiger partial charge < -0.3 is 38.1 Å². The number of rotatable bonds is 22. The third kappa shape index (κ3) is 15.7. The summed E-state index contributed by atoms with van der Waals surface area (Å²) in [5, 5.41) is 39.1. The Hall–Kier alpha value is -1.15. The van der Waals surface area contributed by atoms with Crippen LogP contribution >= 0.6 is 11.3 Å². The van der Waals surface area contributed by atoms with E-state index in [0.717, 1.165) is 41.1 Å². The molecule has 0 amide bonds. The minimum atomic E-state index is -2.72. The van der Waals surface area contributed by atoms with E-state index in [4.69, 9.17) is 22.8 Å². The minimum Gasteiger partial charge on any atom is -0.392 e. The van der Waals surface area contributed by atoms with Crippen molar-refractivity contribution in [1.29, 1.82) is 0 Å². The number of nitrogens with zero attached hydrogens (tertiary/aromatic N) is 1. The van der Waals surface area contributed by atoms with Crippen LogP contribution in [-0.2, 0) is 27.5 Å². The average molecular weight is 969 g/mol. The maximum Gasteiger partial charge on any atom is 0.196 e. The summed E-state index contributed by atoms with van der Waals surface area (Å²) >= 11 is 1.58. The summed E-state index contributed by atoms with van der Waals surface area (Å²) in [6.07, 6.45) is 7.72. The zero-order valence-electron chi connectivity index (χ0n) is 44.4. The van der Waals surface area contributed by atoms with Crippen molar-refractivity contribution < 1.29 is 42.9 Å². The van der Waals surface area contributed by atoms with Gasteiger partial charge in [-0.3, -0.25) is 4.79 Å². The topological polar surface area (TPSA) is 137 Å². The largest absolute Gasteiger partial charge is 0.392 e. The summed E-state index contributed by atoms with van der Waals surface area (Å²) in [4.78, 5) is 19.7. The monoisotopic (exact) mass is 968 g/mol. The molecular weight excluding hydrogens is 875 g/mol. The first-order chi connectivity index (χ1) is 28.7. The van der Waals surface area contributed by atoms with E-state index in [2.05, 4.69) is 113 Å². The van der Waals surface area contributed by atoms with Crippen molar-refractivity contribution in [2.75, 3.05) is 6.61 Å². The number of carbonyl (C=O) groups excluding carboxylic acids is 1. The molecule has 1 aromatic rings. The zero-order chi connectivity index (χ0) is 49.7. The summed E-state index contributed by atoms with van der Waals surface area (Å²) in [6.45, 7) is 45.4.